The Bertz CT molecular complexity index is 1210. The minimum atomic E-state index is -0.539. The molecule has 0 unspecified atom stereocenters. The number of methoxy groups -OCH3 is 2. The summed E-state index contributed by atoms with van der Waals surface area (Å²) in [4.78, 5) is 39.7. The molecule has 3 aromatic rings. The van der Waals surface area contributed by atoms with E-state index in [1.54, 1.807) is 55.5 Å². The van der Waals surface area contributed by atoms with Crippen LogP contribution in [0.15, 0.2) is 72.8 Å². The molecule has 1 aliphatic heterocycles. The molecule has 0 radical (unpaired) electrons. The van der Waals surface area contributed by atoms with Crippen LogP contribution in [0.4, 0.5) is 11.4 Å². The number of carbonyl (C=O) groups excluding carboxylic acids is 3. The summed E-state index contributed by atoms with van der Waals surface area (Å²) in [6, 6.07) is 20.5. The topological polar surface area (TPSA) is 111 Å². The minimum Gasteiger partial charge on any atom is -0.497 e. The summed E-state index contributed by atoms with van der Waals surface area (Å²) in [6.07, 6.45) is 0.630. The van der Waals surface area contributed by atoms with E-state index in [2.05, 4.69) is 5.32 Å². The quantitative estimate of drug-likeness (QED) is 0.540. The van der Waals surface area contributed by atoms with Crippen molar-refractivity contribution in [1.82, 2.24) is 0 Å². The number of nitrogens with zero attached hydrogens (tertiary/aromatic N) is 1. The Morgan fingerprint density at radius 1 is 0.886 bits per heavy atom. The number of hydrogen-bond acceptors (Lipinski definition) is 5. The molecule has 0 saturated carbocycles. The lowest BCUT2D eigenvalue weighted by Crippen LogP contribution is -2.46. The van der Waals surface area contributed by atoms with E-state index in [9.17, 15) is 14.4 Å². The van der Waals surface area contributed by atoms with Gasteiger partial charge in [0.05, 0.1) is 26.2 Å². The van der Waals surface area contributed by atoms with E-state index in [1.807, 2.05) is 36.4 Å². The molecule has 1 fully saturated rings. The summed E-state index contributed by atoms with van der Waals surface area (Å²) in [5.41, 5.74) is 7.70. The molecule has 8 heteroatoms. The van der Waals surface area contributed by atoms with Gasteiger partial charge in [0, 0.05) is 23.4 Å². The Morgan fingerprint density at radius 2 is 1.46 bits per heavy atom. The number of amides is 3. The fourth-order valence-corrected chi connectivity index (χ4v) is 4.35. The Hall–Kier alpha value is -4.33. The van der Waals surface area contributed by atoms with Gasteiger partial charge in [-0.25, -0.2) is 0 Å². The van der Waals surface area contributed by atoms with Crippen molar-refractivity contribution < 1.29 is 23.9 Å². The summed E-state index contributed by atoms with van der Waals surface area (Å²) < 4.78 is 10.5. The monoisotopic (exact) mass is 473 g/mol. The molecule has 3 amide bonds. The van der Waals surface area contributed by atoms with Gasteiger partial charge in [-0.15, -0.1) is 0 Å². The molecule has 8 nitrogen and oxygen atoms in total. The Labute approximate surface area is 203 Å². The Morgan fingerprint density at radius 3 is 2.00 bits per heavy atom. The van der Waals surface area contributed by atoms with E-state index in [0.717, 1.165) is 5.56 Å². The number of carbonyl (C=O) groups is 3. The van der Waals surface area contributed by atoms with Crippen LogP contribution in [0.2, 0.25) is 0 Å². The highest BCUT2D eigenvalue weighted by Gasteiger charge is 2.41. The second kappa shape index (κ2) is 10.3. The maximum Gasteiger partial charge on any atom is 0.248 e. The second-order valence-electron chi connectivity index (χ2n) is 8.26. The zero-order valence-electron chi connectivity index (χ0n) is 19.6. The van der Waals surface area contributed by atoms with Gasteiger partial charge in [-0.3, -0.25) is 14.4 Å². The largest absolute Gasteiger partial charge is 0.497 e. The van der Waals surface area contributed by atoms with E-state index in [1.165, 1.54) is 0 Å². The average Bonchev–Trinajstić information content (AvgIpc) is 2.89. The number of hydrogen-bond donors (Lipinski definition) is 2. The lowest BCUT2D eigenvalue weighted by molar-refractivity contribution is -0.125. The first-order chi connectivity index (χ1) is 16.9. The van der Waals surface area contributed by atoms with Crippen LogP contribution >= 0.6 is 0 Å². The summed E-state index contributed by atoms with van der Waals surface area (Å²) in [7, 11) is 3.17. The molecule has 0 spiro atoms. The van der Waals surface area contributed by atoms with Crippen LogP contribution in [-0.2, 0) is 9.59 Å². The summed E-state index contributed by atoms with van der Waals surface area (Å²) in [5, 5.41) is 2.93. The Kier molecular flexibility index (Phi) is 7.01. The lowest BCUT2D eigenvalue weighted by atomic mass is 9.83. The maximum atomic E-state index is 13.5. The van der Waals surface area contributed by atoms with Gasteiger partial charge in [-0.2, -0.15) is 0 Å². The van der Waals surface area contributed by atoms with Crippen molar-refractivity contribution in [2.24, 2.45) is 11.7 Å². The van der Waals surface area contributed by atoms with Gasteiger partial charge in [0.25, 0.3) is 0 Å². The first-order valence-electron chi connectivity index (χ1n) is 11.2. The van der Waals surface area contributed by atoms with Crippen molar-refractivity contribution in [3.63, 3.8) is 0 Å². The van der Waals surface area contributed by atoms with Crippen LogP contribution in [0.1, 0.15) is 34.8 Å². The molecule has 1 aliphatic rings. The van der Waals surface area contributed by atoms with Crippen LogP contribution < -0.4 is 25.4 Å². The van der Waals surface area contributed by atoms with E-state index in [-0.39, 0.29) is 18.2 Å². The summed E-state index contributed by atoms with van der Waals surface area (Å²) >= 11 is 0. The van der Waals surface area contributed by atoms with Gasteiger partial charge in [0.2, 0.25) is 17.7 Å². The fraction of sp³-hybridized carbons (Fsp3) is 0.222. The minimum absolute atomic E-state index is 0.0640. The predicted octanol–water partition coefficient (Wildman–Crippen LogP) is 3.93. The normalized spacial score (nSPS) is 17.5. The zero-order chi connectivity index (χ0) is 24.9. The van der Waals surface area contributed by atoms with E-state index in [4.69, 9.17) is 15.2 Å². The number of benzene rings is 3. The molecule has 1 heterocycles. The van der Waals surface area contributed by atoms with Crippen molar-refractivity contribution >= 4 is 29.1 Å². The van der Waals surface area contributed by atoms with Gasteiger partial charge < -0.3 is 25.4 Å². The first kappa shape index (κ1) is 23.8. The number of piperidine rings is 1. The van der Waals surface area contributed by atoms with Crippen LogP contribution in [0, 0.1) is 5.92 Å². The lowest BCUT2D eigenvalue weighted by Gasteiger charge is -2.41. The number of rotatable bonds is 7. The van der Waals surface area contributed by atoms with Crippen LogP contribution in [0.3, 0.4) is 0 Å². The van der Waals surface area contributed by atoms with Gasteiger partial charge in [0.1, 0.15) is 11.5 Å². The molecule has 180 valence electrons. The smallest absolute Gasteiger partial charge is 0.248 e. The molecule has 3 N–H and O–H groups in total. The predicted molar refractivity (Wildman–Crippen MR) is 133 cm³/mol. The van der Waals surface area contributed by atoms with Crippen molar-refractivity contribution in [2.45, 2.75) is 18.9 Å². The second-order valence-corrected chi connectivity index (χ2v) is 8.26. The van der Waals surface area contributed by atoms with Crippen LogP contribution in [0.25, 0.3) is 0 Å². The van der Waals surface area contributed by atoms with Crippen molar-refractivity contribution in [1.29, 1.82) is 0 Å². The third-order valence-corrected chi connectivity index (χ3v) is 6.18. The van der Waals surface area contributed by atoms with Gasteiger partial charge in [-0.1, -0.05) is 12.1 Å². The number of anilines is 2. The molecule has 0 bridgehead atoms. The third kappa shape index (κ3) is 5.11. The molecular weight excluding hydrogens is 446 g/mol. The highest BCUT2D eigenvalue weighted by Crippen LogP contribution is 2.41. The first-order valence-corrected chi connectivity index (χ1v) is 11.2. The van der Waals surface area contributed by atoms with Crippen molar-refractivity contribution in [3.05, 3.63) is 83.9 Å². The molecule has 1 saturated heterocycles. The summed E-state index contributed by atoms with van der Waals surface area (Å²) in [6.45, 7) is 0. The molecule has 0 aromatic heterocycles. The zero-order valence-corrected chi connectivity index (χ0v) is 19.6. The van der Waals surface area contributed by atoms with Gasteiger partial charge >= 0.3 is 0 Å². The number of primary amides is 1. The highest BCUT2D eigenvalue weighted by atomic mass is 16.5. The SMILES string of the molecule is COc1ccc([C@@H]2[C@@H](C(=O)Nc3ccc(C(N)=O)cc3)CCC(=O)N2c2ccc(OC)cc2)cc1. The van der Waals surface area contributed by atoms with Gasteiger partial charge in [-0.05, 0) is 72.6 Å². The van der Waals surface area contributed by atoms with Crippen molar-refractivity contribution in [2.75, 3.05) is 24.4 Å². The maximum absolute atomic E-state index is 13.5. The summed E-state index contributed by atoms with van der Waals surface area (Å²) in [5.74, 6) is 0.0206. The van der Waals surface area contributed by atoms with Crippen molar-refractivity contribution in [3.8, 4) is 11.5 Å². The highest BCUT2D eigenvalue weighted by molar-refractivity contribution is 6.00. The van der Waals surface area contributed by atoms with E-state index in [0.29, 0.717) is 34.9 Å². The number of nitrogens with one attached hydrogen (secondary N) is 1. The molecule has 3 aromatic carbocycles. The average molecular weight is 474 g/mol. The number of nitrogens with two attached hydrogens (primary N) is 1. The van der Waals surface area contributed by atoms with Crippen LogP contribution in [0.5, 0.6) is 11.5 Å². The molecule has 35 heavy (non-hydrogen) atoms. The molecule has 2 atom stereocenters. The fourth-order valence-electron chi connectivity index (χ4n) is 4.35. The third-order valence-electron chi connectivity index (χ3n) is 6.18. The van der Waals surface area contributed by atoms with Crippen LogP contribution in [-0.4, -0.2) is 31.9 Å². The standard InChI is InChI=1S/C27H27N3O5/c1-34-21-11-5-17(6-12-21)25-23(27(33)29-19-7-3-18(4-8-19)26(28)32)15-16-24(31)30(25)20-9-13-22(35-2)14-10-20/h3-14,23,25H,15-16H2,1-2H3,(H2,28,32)(H,29,33)/t23-,25+/m0/s1. The number of ether oxygens (including phenoxy) is 2. The molecule has 0 aliphatic carbocycles. The molecular formula is C27H27N3O5. The van der Waals surface area contributed by atoms with Gasteiger partial charge in [0.15, 0.2) is 0 Å². The Balaban J connectivity index is 1.69. The van der Waals surface area contributed by atoms with E-state index < -0.39 is 17.9 Å². The molecule has 4 rings (SSSR count). The van der Waals surface area contributed by atoms with E-state index >= 15 is 0 Å².